The van der Waals surface area contributed by atoms with Crippen molar-refractivity contribution in [1.82, 2.24) is 19.9 Å². The van der Waals surface area contributed by atoms with Gasteiger partial charge in [-0.2, -0.15) is 0 Å². The summed E-state index contributed by atoms with van der Waals surface area (Å²) in [4.78, 5) is 16.4. The molecular weight excluding hydrogens is 1580 g/mol. The minimum atomic E-state index is -0.363. The molecule has 0 saturated carbocycles. The molecule has 2 aliphatic heterocycles. The van der Waals surface area contributed by atoms with Gasteiger partial charge in [0.1, 0.15) is 0 Å². The van der Waals surface area contributed by atoms with Crippen LogP contribution in [0.4, 0.5) is 0 Å². The average Bonchev–Trinajstić information content (AvgIpc) is 4.06. The summed E-state index contributed by atoms with van der Waals surface area (Å²) in [5.41, 5.74) is -3.81. The second kappa shape index (κ2) is 23.1. The number of aromatic nitrogens is 4. The molecule has 394 valence electrons. The van der Waals surface area contributed by atoms with Gasteiger partial charge in [-0.1, -0.05) is 325 Å². The van der Waals surface area contributed by atoms with Gasteiger partial charge in [0.15, 0.2) is 0 Å². The molecule has 0 fully saturated rings. The molecule has 0 spiro atoms. The zero-order valence-corrected chi connectivity index (χ0v) is 55.6. The Morgan fingerprint density at radius 1 is 0.158 bits per heavy atom. The molecule has 0 saturated heterocycles. The van der Waals surface area contributed by atoms with Crippen LogP contribution in [-0.4, -0.2) is 19.9 Å². The van der Waals surface area contributed by atoms with Crippen LogP contribution in [0, 0.1) is 0 Å². The summed E-state index contributed by atoms with van der Waals surface area (Å²) < 4.78 is 0. The van der Waals surface area contributed by atoms with E-state index in [0.717, 1.165) is 0 Å². The molecule has 5 heterocycles. The Balaban J connectivity index is 1.75. The van der Waals surface area contributed by atoms with Gasteiger partial charge in [0, 0.05) is 44.5 Å². The number of nitrogens with one attached hydrogen (secondary N) is 2. The molecule has 8 bridgehead atoms. The van der Waals surface area contributed by atoms with Crippen LogP contribution in [-0.2, 0) is 0 Å². The molecule has 4 nitrogen and oxygen atoms in total. The van der Waals surface area contributed by atoms with Crippen LogP contribution in [0.1, 0.15) is 22.8 Å². The van der Waals surface area contributed by atoms with Crippen molar-refractivity contribution in [3.8, 4) is 44.5 Å². The van der Waals surface area contributed by atoms with Crippen LogP contribution in [0.5, 0.6) is 0 Å². The second-order valence-electron chi connectivity index (χ2n) is 15.2. The van der Waals surface area contributed by atoms with Crippen molar-refractivity contribution in [3.05, 3.63) is 143 Å². The SMILES string of the molecule is ClC1=C(Cl)c2nc1c(-c1c(Cl)c(Cl)c(Cl)c(Cl)c1Cl)c1[nH]c(c(Cl)c1Cl)c(-c1c(Cl)c(Cl)c(Cl)c(Cl)c1Cl)c1nc(c(-c3c(Cl)c(Cl)c(Cl)c(Cl)c3Cl)c3[nH]c(c(Cl)c3Cl)c2-c2c(Cl)c(Cl)c(Cl)c(Cl)c2Cl)C(Cl)=C1Cl. The van der Waals surface area contributed by atoms with Crippen LogP contribution >= 0.6 is 325 Å². The Labute approximate surface area is 567 Å². The van der Waals surface area contributed by atoms with Crippen molar-refractivity contribution in [2.45, 2.75) is 0 Å². The number of aromatic amines is 2. The molecule has 76 heavy (non-hydrogen) atoms. The summed E-state index contributed by atoms with van der Waals surface area (Å²) in [5.74, 6) is 0. The first-order valence-corrected chi connectivity index (χ1v) is 29.8. The lowest BCUT2D eigenvalue weighted by Crippen LogP contribution is -1.95. The normalized spacial score (nSPS) is 12.9. The molecule has 2 aliphatic rings. The Bertz CT molecular complexity index is 3520. The zero-order chi connectivity index (χ0) is 56.2. The number of H-pyrrole nitrogens is 2. The standard InChI is InChI=1S/C44H2Cl28N4/c45-9-1(10(46)18(54)25(61)17(9)53)5-37-29(65)31(67)39(73-37)6(2-11(47)19(55)26(62)20(56)12(2)48)41-33(69)35(71)43(75-41)8(4-15(51)23(59)28(64)24(60)16(4)52)44-36(72)34(70)42(76-44)7(40-32(68)30(66)38(5)74-40)3-13(49)21(57)27(63)22(58)14(3)50/h73,76H. The van der Waals surface area contributed by atoms with Gasteiger partial charge < -0.3 is 9.97 Å². The lowest BCUT2D eigenvalue weighted by atomic mass is 10.0. The van der Waals surface area contributed by atoms with Gasteiger partial charge in [0.25, 0.3) is 0 Å². The van der Waals surface area contributed by atoms with E-state index >= 15 is 0 Å². The summed E-state index contributed by atoms with van der Waals surface area (Å²) in [6.07, 6.45) is 0. The van der Waals surface area contributed by atoms with E-state index in [1.807, 2.05) is 0 Å². The predicted molar refractivity (Wildman–Crippen MR) is 340 cm³/mol. The molecule has 0 unspecified atom stereocenters. The average molecular weight is 1580 g/mol. The molecule has 3 aromatic heterocycles. The van der Waals surface area contributed by atoms with Crippen molar-refractivity contribution in [2.24, 2.45) is 0 Å². The molecule has 0 atom stereocenters. The molecular formula is C44H2Cl28N4. The second-order valence-corrected chi connectivity index (χ2v) is 25.7. The maximum atomic E-state index is 7.36. The molecule has 0 radical (unpaired) electrons. The molecule has 2 N–H and O–H groups in total. The van der Waals surface area contributed by atoms with Crippen LogP contribution in [0.2, 0.25) is 121 Å². The quantitative estimate of drug-likeness (QED) is 0.136. The van der Waals surface area contributed by atoms with Crippen molar-refractivity contribution < 1.29 is 0 Å². The van der Waals surface area contributed by atoms with Crippen molar-refractivity contribution in [1.29, 1.82) is 0 Å². The van der Waals surface area contributed by atoms with Gasteiger partial charge in [0.05, 0.1) is 186 Å². The van der Waals surface area contributed by atoms with E-state index in [-0.39, 0.29) is 230 Å². The molecule has 9 rings (SSSR count). The molecule has 0 amide bonds. The first kappa shape index (κ1) is 62.1. The number of nitrogens with zero attached hydrogens (tertiary/aromatic N) is 2. The Hall–Kier alpha value is 1.60. The van der Waals surface area contributed by atoms with Crippen molar-refractivity contribution in [2.75, 3.05) is 0 Å². The number of rotatable bonds is 4. The van der Waals surface area contributed by atoms with Gasteiger partial charge in [-0.15, -0.1) is 0 Å². The van der Waals surface area contributed by atoms with E-state index in [1.165, 1.54) is 0 Å². The first-order valence-electron chi connectivity index (χ1n) is 19.2. The number of halogens is 28. The number of hydrogen-bond donors (Lipinski definition) is 2. The fraction of sp³-hybridized carbons (Fsp3) is 0. The largest absolute Gasteiger partial charge is 0.352 e. The maximum Gasteiger partial charge on any atom is 0.0940 e. The lowest BCUT2D eigenvalue weighted by molar-refractivity contribution is 1.30. The third-order valence-corrected chi connectivity index (χ3v) is 23.7. The van der Waals surface area contributed by atoms with Gasteiger partial charge in [-0.05, 0) is 0 Å². The molecule has 4 aromatic carbocycles. The van der Waals surface area contributed by atoms with Gasteiger partial charge in [-0.3, -0.25) is 0 Å². The highest BCUT2D eigenvalue weighted by atomic mass is 35.5. The molecule has 0 aliphatic carbocycles. The van der Waals surface area contributed by atoms with Crippen LogP contribution in [0.15, 0.2) is 0 Å². The van der Waals surface area contributed by atoms with E-state index < -0.39 is 0 Å². The minimum Gasteiger partial charge on any atom is -0.352 e. The topological polar surface area (TPSA) is 57.4 Å². The van der Waals surface area contributed by atoms with E-state index in [4.69, 9.17) is 335 Å². The minimum absolute atomic E-state index is 0.213. The van der Waals surface area contributed by atoms with Crippen LogP contribution in [0.3, 0.4) is 0 Å². The molecule has 32 heteroatoms. The smallest absolute Gasteiger partial charge is 0.0940 e. The predicted octanol–water partition coefficient (Wildman–Crippen LogP) is 29.3. The summed E-state index contributed by atoms with van der Waals surface area (Å²) in [7, 11) is 0. The van der Waals surface area contributed by atoms with Crippen LogP contribution in [0.25, 0.3) is 86.7 Å². The Kier molecular flexibility index (Phi) is 18.9. The Morgan fingerprint density at radius 2 is 0.289 bits per heavy atom. The highest BCUT2D eigenvalue weighted by Crippen LogP contribution is 2.61. The van der Waals surface area contributed by atoms with E-state index in [9.17, 15) is 0 Å². The lowest BCUT2D eigenvalue weighted by Gasteiger charge is -2.15. The van der Waals surface area contributed by atoms with Gasteiger partial charge in [0.2, 0.25) is 0 Å². The first-order chi connectivity index (χ1) is 35.4. The summed E-state index contributed by atoms with van der Waals surface area (Å²) in [6, 6.07) is 0. The fourth-order valence-corrected chi connectivity index (χ4v) is 15.0. The third-order valence-electron chi connectivity index (χ3n) is 11.2. The van der Waals surface area contributed by atoms with E-state index in [2.05, 4.69) is 9.97 Å². The molecule has 7 aromatic rings. The van der Waals surface area contributed by atoms with Gasteiger partial charge in [-0.25, -0.2) is 9.97 Å². The Morgan fingerprint density at radius 3 is 0.434 bits per heavy atom. The fourth-order valence-electron chi connectivity index (χ4n) is 7.84. The number of benzene rings is 4. The number of hydrogen-bond acceptors (Lipinski definition) is 2. The summed E-state index contributed by atoms with van der Waals surface area (Å²) in [6.45, 7) is 0. The number of fused-ring (bicyclic) bond motifs is 8. The van der Waals surface area contributed by atoms with E-state index in [1.54, 1.807) is 0 Å². The van der Waals surface area contributed by atoms with Crippen molar-refractivity contribution >= 4 is 367 Å². The maximum absolute atomic E-state index is 7.36. The summed E-state index contributed by atoms with van der Waals surface area (Å²) in [5, 5.41) is -8.78. The summed E-state index contributed by atoms with van der Waals surface area (Å²) >= 11 is 196. The highest BCUT2D eigenvalue weighted by molar-refractivity contribution is 6.69. The third kappa shape index (κ3) is 9.58. The van der Waals surface area contributed by atoms with Crippen LogP contribution < -0.4 is 0 Å². The highest BCUT2D eigenvalue weighted by Gasteiger charge is 2.38. The monoisotopic (exact) mass is 1570 g/mol. The van der Waals surface area contributed by atoms with Crippen molar-refractivity contribution in [3.63, 3.8) is 0 Å². The zero-order valence-electron chi connectivity index (χ0n) is 34.5. The van der Waals surface area contributed by atoms with Gasteiger partial charge >= 0.3 is 0 Å². The van der Waals surface area contributed by atoms with E-state index in [0.29, 0.717) is 0 Å².